The second-order valence-electron chi connectivity index (χ2n) is 4.40. The highest BCUT2D eigenvalue weighted by atomic mass is 32.1. The quantitative estimate of drug-likeness (QED) is 0.561. The number of rotatable bonds is 9. The Kier molecular flexibility index (Phi) is 6.14. The first-order valence-electron chi connectivity index (χ1n) is 6.96. The molecule has 0 fully saturated rings. The number of aryl methyl sites for hydroxylation is 2. The monoisotopic (exact) mass is 309 g/mol. The van der Waals surface area contributed by atoms with Crippen molar-refractivity contribution < 1.29 is 9.53 Å². The topological polar surface area (TPSA) is 81.9 Å². The Morgan fingerprint density at radius 2 is 2.43 bits per heavy atom. The molecular weight excluding hydrogens is 290 g/mol. The third-order valence-electron chi connectivity index (χ3n) is 2.75. The van der Waals surface area contributed by atoms with E-state index in [0.717, 1.165) is 30.3 Å². The van der Waals surface area contributed by atoms with Gasteiger partial charge in [0, 0.05) is 31.1 Å². The van der Waals surface area contributed by atoms with Crippen LogP contribution < -0.4 is 5.32 Å². The van der Waals surface area contributed by atoms with Crippen molar-refractivity contribution in [3.63, 3.8) is 0 Å². The first-order valence-corrected chi connectivity index (χ1v) is 7.84. The van der Waals surface area contributed by atoms with Gasteiger partial charge in [0.2, 0.25) is 0 Å². The van der Waals surface area contributed by atoms with Crippen molar-refractivity contribution in [2.24, 2.45) is 0 Å². The molecule has 0 spiro atoms. The number of hydrogen-bond donors (Lipinski definition) is 1. The van der Waals surface area contributed by atoms with Gasteiger partial charge in [0.15, 0.2) is 5.13 Å². The number of ether oxygens (including phenoxy) is 1. The Morgan fingerprint density at radius 1 is 1.52 bits per heavy atom. The van der Waals surface area contributed by atoms with Crippen molar-refractivity contribution in [3.05, 3.63) is 23.5 Å². The molecule has 0 bridgehead atoms. The van der Waals surface area contributed by atoms with Crippen LogP contribution >= 0.6 is 11.3 Å². The Morgan fingerprint density at radius 3 is 3.19 bits per heavy atom. The number of anilines is 1. The number of carbonyl (C=O) groups excluding carboxylic acids is 1. The van der Waals surface area contributed by atoms with Gasteiger partial charge >= 0.3 is 5.97 Å². The van der Waals surface area contributed by atoms with Crippen molar-refractivity contribution in [1.82, 2.24) is 20.0 Å². The van der Waals surface area contributed by atoms with Gasteiger partial charge in [-0.3, -0.25) is 9.48 Å². The molecule has 0 aliphatic carbocycles. The third kappa shape index (κ3) is 5.50. The molecule has 2 aromatic heterocycles. The smallest absolute Gasteiger partial charge is 0.306 e. The second kappa shape index (κ2) is 8.35. The lowest BCUT2D eigenvalue weighted by molar-refractivity contribution is -0.143. The average molecular weight is 309 g/mol. The molecule has 0 aliphatic rings. The zero-order valence-corrected chi connectivity index (χ0v) is 12.8. The predicted octanol–water partition coefficient (Wildman–Crippen LogP) is 1.73. The van der Waals surface area contributed by atoms with Crippen LogP contribution in [0.25, 0.3) is 0 Å². The lowest BCUT2D eigenvalue weighted by atomic mass is 10.2. The summed E-state index contributed by atoms with van der Waals surface area (Å²) in [6, 6.07) is 0. The molecule has 0 aromatic carbocycles. The molecule has 7 nitrogen and oxygen atoms in total. The van der Waals surface area contributed by atoms with Crippen LogP contribution in [0.3, 0.4) is 0 Å². The number of hydrogen-bond acceptors (Lipinski definition) is 7. The lowest BCUT2D eigenvalue weighted by Crippen LogP contribution is -2.07. The molecule has 0 amide bonds. The zero-order valence-electron chi connectivity index (χ0n) is 12.0. The van der Waals surface area contributed by atoms with Gasteiger partial charge in [-0.25, -0.2) is 4.98 Å². The minimum absolute atomic E-state index is 0.173. The van der Waals surface area contributed by atoms with Gasteiger partial charge in [0.25, 0.3) is 0 Å². The van der Waals surface area contributed by atoms with Crippen molar-refractivity contribution >= 4 is 22.4 Å². The van der Waals surface area contributed by atoms with Crippen LogP contribution in [-0.4, -0.2) is 39.1 Å². The first kappa shape index (κ1) is 15.4. The third-order valence-corrected chi connectivity index (χ3v) is 3.60. The van der Waals surface area contributed by atoms with Crippen LogP contribution in [0.1, 0.15) is 25.5 Å². The average Bonchev–Trinajstić information content (AvgIpc) is 3.13. The molecular formula is C13H19N5O2S. The van der Waals surface area contributed by atoms with E-state index in [-0.39, 0.29) is 5.97 Å². The highest BCUT2D eigenvalue weighted by molar-refractivity contribution is 7.13. The standard InChI is InChI=1S/C13H19N5O2S/c1-2-20-12(19)5-4-11-10-21-13(16-11)14-6-3-8-18-9-7-15-17-18/h7,9-10H,2-6,8H2,1H3,(H,14,16). The summed E-state index contributed by atoms with van der Waals surface area (Å²) in [5.41, 5.74) is 0.923. The predicted molar refractivity (Wildman–Crippen MR) is 80.2 cm³/mol. The van der Waals surface area contributed by atoms with Crippen LogP contribution in [0.2, 0.25) is 0 Å². The van der Waals surface area contributed by atoms with Crippen molar-refractivity contribution in [3.8, 4) is 0 Å². The number of nitrogens with zero attached hydrogens (tertiary/aromatic N) is 4. The van der Waals surface area contributed by atoms with Gasteiger partial charge in [-0.15, -0.1) is 16.4 Å². The maximum atomic E-state index is 11.3. The van der Waals surface area contributed by atoms with Gasteiger partial charge in [0.05, 0.1) is 24.9 Å². The van der Waals surface area contributed by atoms with Crippen LogP contribution in [0.15, 0.2) is 17.8 Å². The van der Waals surface area contributed by atoms with Crippen LogP contribution in [0, 0.1) is 0 Å². The minimum Gasteiger partial charge on any atom is -0.466 e. The van der Waals surface area contributed by atoms with Gasteiger partial charge in [-0.05, 0) is 13.3 Å². The Bertz CT molecular complexity index is 541. The largest absolute Gasteiger partial charge is 0.466 e. The molecule has 0 radical (unpaired) electrons. The highest BCUT2D eigenvalue weighted by Crippen LogP contribution is 2.16. The Balaban J connectivity index is 1.64. The fourth-order valence-electron chi connectivity index (χ4n) is 1.75. The summed E-state index contributed by atoms with van der Waals surface area (Å²) in [6.45, 7) is 3.88. The molecule has 2 aromatic rings. The normalized spacial score (nSPS) is 10.5. The van der Waals surface area contributed by atoms with E-state index < -0.39 is 0 Å². The van der Waals surface area contributed by atoms with E-state index in [4.69, 9.17) is 4.74 Å². The fraction of sp³-hybridized carbons (Fsp3) is 0.538. The van der Waals surface area contributed by atoms with Gasteiger partial charge in [-0.1, -0.05) is 5.21 Å². The fourth-order valence-corrected chi connectivity index (χ4v) is 2.53. The summed E-state index contributed by atoms with van der Waals surface area (Å²) < 4.78 is 6.69. The van der Waals surface area contributed by atoms with Crippen molar-refractivity contribution in [2.45, 2.75) is 32.7 Å². The second-order valence-corrected chi connectivity index (χ2v) is 5.25. The van der Waals surface area contributed by atoms with Crippen molar-refractivity contribution in [2.75, 3.05) is 18.5 Å². The molecule has 2 heterocycles. The van der Waals surface area contributed by atoms with E-state index in [9.17, 15) is 4.79 Å². The molecule has 1 N–H and O–H groups in total. The maximum absolute atomic E-state index is 11.3. The number of esters is 1. The van der Waals surface area contributed by atoms with Gasteiger partial charge < -0.3 is 10.1 Å². The van der Waals surface area contributed by atoms with Crippen molar-refractivity contribution in [1.29, 1.82) is 0 Å². The van der Waals surface area contributed by atoms with E-state index in [1.807, 2.05) is 18.5 Å². The Labute approximate surface area is 127 Å². The minimum atomic E-state index is -0.173. The molecule has 114 valence electrons. The Hall–Kier alpha value is -1.96. The van der Waals surface area contributed by atoms with E-state index in [0.29, 0.717) is 19.4 Å². The summed E-state index contributed by atoms with van der Waals surface area (Å²) in [6.07, 6.45) is 5.46. The zero-order chi connectivity index (χ0) is 14.9. The lowest BCUT2D eigenvalue weighted by Gasteiger charge is -2.02. The van der Waals surface area contributed by atoms with Gasteiger partial charge in [-0.2, -0.15) is 0 Å². The summed E-state index contributed by atoms with van der Waals surface area (Å²) in [4.78, 5) is 15.7. The van der Waals surface area contributed by atoms with Crippen LogP contribution in [0.4, 0.5) is 5.13 Å². The van der Waals surface area contributed by atoms with Crippen LogP contribution in [0.5, 0.6) is 0 Å². The van der Waals surface area contributed by atoms with E-state index >= 15 is 0 Å². The van der Waals surface area contributed by atoms with E-state index in [1.165, 1.54) is 0 Å². The van der Waals surface area contributed by atoms with Crippen LogP contribution in [-0.2, 0) is 22.5 Å². The molecule has 0 saturated carbocycles. The molecule has 21 heavy (non-hydrogen) atoms. The molecule has 0 unspecified atom stereocenters. The van der Waals surface area contributed by atoms with E-state index in [2.05, 4.69) is 20.6 Å². The molecule has 0 aliphatic heterocycles. The molecule has 2 rings (SSSR count). The summed E-state index contributed by atoms with van der Waals surface area (Å²) in [5, 5.41) is 13.8. The number of nitrogens with one attached hydrogen (secondary N) is 1. The summed E-state index contributed by atoms with van der Waals surface area (Å²) in [7, 11) is 0. The maximum Gasteiger partial charge on any atom is 0.306 e. The number of carbonyl (C=O) groups is 1. The first-order chi connectivity index (χ1) is 10.3. The highest BCUT2D eigenvalue weighted by Gasteiger charge is 2.06. The molecule has 0 atom stereocenters. The summed E-state index contributed by atoms with van der Waals surface area (Å²) >= 11 is 1.55. The number of thiazole rings is 1. The SMILES string of the molecule is CCOC(=O)CCc1csc(NCCCn2ccnn2)n1. The molecule has 8 heteroatoms. The molecule has 0 saturated heterocycles. The van der Waals surface area contributed by atoms with E-state index in [1.54, 1.807) is 22.2 Å². The summed E-state index contributed by atoms with van der Waals surface area (Å²) in [5.74, 6) is -0.173. The number of aromatic nitrogens is 4. The van der Waals surface area contributed by atoms with Gasteiger partial charge in [0.1, 0.15) is 0 Å².